The fraction of sp³-hybridized carbons (Fsp3) is 0.143. The van der Waals surface area contributed by atoms with Crippen LogP contribution in [0.1, 0.15) is 23.5 Å². The molecule has 3 aromatic rings. The summed E-state index contributed by atoms with van der Waals surface area (Å²) < 4.78 is 1.25. The number of benzene rings is 2. The Morgan fingerprint density at radius 3 is 2.50 bits per heavy atom. The third-order valence-electron chi connectivity index (χ3n) is 4.86. The van der Waals surface area contributed by atoms with Gasteiger partial charge in [0.15, 0.2) is 0 Å². The zero-order valence-electron chi connectivity index (χ0n) is 15.6. The number of hydrogen-bond acceptors (Lipinski definition) is 4. The number of H-pyrrole nitrogens is 1. The molecule has 0 bridgehead atoms. The monoisotopic (exact) mass is 424 g/mol. The molecule has 152 valence electrons. The van der Waals surface area contributed by atoms with E-state index in [1.165, 1.54) is 4.57 Å². The lowest BCUT2D eigenvalue weighted by Gasteiger charge is -2.26. The minimum absolute atomic E-state index is 0.0307. The van der Waals surface area contributed by atoms with Crippen LogP contribution in [0.3, 0.4) is 0 Å². The molecule has 0 fully saturated rings. The summed E-state index contributed by atoms with van der Waals surface area (Å²) in [4.78, 5) is 52.6. The summed E-state index contributed by atoms with van der Waals surface area (Å²) in [5.41, 5.74) is -0.181. The van der Waals surface area contributed by atoms with E-state index in [9.17, 15) is 19.2 Å². The number of nitrogens with zero attached hydrogens (tertiary/aromatic N) is 1. The van der Waals surface area contributed by atoms with E-state index in [-0.39, 0.29) is 24.3 Å². The molecule has 0 spiro atoms. The summed E-state index contributed by atoms with van der Waals surface area (Å²) in [6.07, 6.45) is -0.226. The predicted octanol–water partition coefficient (Wildman–Crippen LogP) is 2.30. The molecule has 0 unspecified atom stereocenters. The molecular weight excluding hydrogens is 408 g/mol. The summed E-state index contributed by atoms with van der Waals surface area (Å²) in [7, 11) is 0. The minimum Gasteiger partial charge on any atom is -0.324 e. The van der Waals surface area contributed by atoms with Crippen LogP contribution in [0.5, 0.6) is 0 Å². The Kier molecular flexibility index (Phi) is 5.24. The zero-order valence-corrected chi connectivity index (χ0v) is 16.4. The molecule has 1 aromatic heterocycles. The first kappa shape index (κ1) is 19.7. The molecular formula is C21H17ClN4O4. The Morgan fingerprint density at radius 2 is 1.77 bits per heavy atom. The van der Waals surface area contributed by atoms with Gasteiger partial charge in [0.05, 0.1) is 28.7 Å². The molecule has 8 nitrogen and oxygen atoms in total. The zero-order chi connectivity index (χ0) is 21.3. The van der Waals surface area contributed by atoms with Gasteiger partial charge in [-0.2, -0.15) is 0 Å². The highest BCUT2D eigenvalue weighted by molar-refractivity contribution is 6.33. The van der Waals surface area contributed by atoms with Crippen LogP contribution in [0, 0.1) is 0 Å². The molecule has 0 saturated heterocycles. The lowest BCUT2D eigenvalue weighted by Crippen LogP contribution is -2.42. The van der Waals surface area contributed by atoms with Gasteiger partial charge < -0.3 is 10.6 Å². The number of fused-ring (bicyclic) bond motifs is 1. The van der Waals surface area contributed by atoms with E-state index >= 15 is 0 Å². The van der Waals surface area contributed by atoms with Crippen LogP contribution in [0.15, 0.2) is 64.2 Å². The Labute approximate surface area is 175 Å². The standard InChI is InChI=1S/C21H17ClN4O4/c22-14-8-4-5-9-15(14)23-19(28)13-10-16(27)24-18-17(13)20(29)25-21(30)26(18)11-12-6-2-1-3-7-12/h1-9,13H,10-11H2,(H,23,28)(H,24,27)(H,25,29,30)/t13-/m1/s1. The van der Waals surface area contributed by atoms with Gasteiger partial charge in [-0.15, -0.1) is 0 Å². The normalized spacial score (nSPS) is 15.2. The second kappa shape index (κ2) is 8.00. The third-order valence-corrected chi connectivity index (χ3v) is 5.19. The summed E-state index contributed by atoms with van der Waals surface area (Å²) in [5.74, 6) is -2.07. The Hall–Kier alpha value is -3.65. The van der Waals surface area contributed by atoms with Crippen LogP contribution in [0.4, 0.5) is 11.5 Å². The second-order valence-electron chi connectivity index (χ2n) is 6.87. The first-order valence-electron chi connectivity index (χ1n) is 9.20. The van der Waals surface area contributed by atoms with Crippen molar-refractivity contribution in [2.75, 3.05) is 10.6 Å². The molecule has 1 atom stereocenters. The minimum atomic E-state index is -1.07. The van der Waals surface area contributed by atoms with Gasteiger partial charge in [0, 0.05) is 6.42 Å². The molecule has 0 saturated carbocycles. The highest BCUT2D eigenvalue weighted by Gasteiger charge is 2.35. The highest BCUT2D eigenvalue weighted by Crippen LogP contribution is 2.31. The van der Waals surface area contributed by atoms with Crippen LogP contribution in [-0.2, 0) is 16.1 Å². The Balaban J connectivity index is 1.77. The molecule has 0 aliphatic carbocycles. The van der Waals surface area contributed by atoms with Crippen LogP contribution in [0.25, 0.3) is 0 Å². The quantitative estimate of drug-likeness (QED) is 0.596. The van der Waals surface area contributed by atoms with Crippen LogP contribution in [-0.4, -0.2) is 21.4 Å². The first-order valence-corrected chi connectivity index (χ1v) is 9.58. The van der Waals surface area contributed by atoms with E-state index in [1.54, 1.807) is 24.3 Å². The summed E-state index contributed by atoms with van der Waals surface area (Å²) in [6.45, 7) is 0.123. The van der Waals surface area contributed by atoms with Crippen molar-refractivity contribution >= 4 is 34.9 Å². The SMILES string of the molecule is O=C1C[C@@H](C(=O)Nc2ccccc2Cl)c2c(n(Cc3ccccc3)c(=O)[nH]c2=O)N1. The van der Waals surface area contributed by atoms with Crippen molar-refractivity contribution < 1.29 is 9.59 Å². The average Bonchev–Trinajstić information content (AvgIpc) is 2.72. The topological polar surface area (TPSA) is 113 Å². The fourth-order valence-electron chi connectivity index (χ4n) is 3.44. The highest BCUT2D eigenvalue weighted by atomic mass is 35.5. The van der Waals surface area contributed by atoms with Crippen molar-refractivity contribution in [3.63, 3.8) is 0 Å². The molecule has 4 rings (SSSR count). The van der Waals surface area contributed by atoms with E-state index in [1.807, 2.05) is 30.3 Å². The molecule has 1 aliphatic rings. The van der Waals surface area contributed by atoms with E-state index in [4.69, 9.17) is 11.6 Å². The maximum Gasteiger partial charge on any atom is 0.330 e. The van der Waals surface area contributed by atoms with E-state index in [0.29, 0.717) is 10.7 Å². The molecule has 2 amide bonds. The number of halogens is 1. The average molecular weight is 425 g/mol. The van der Waals surface area contributed by atoms with E-state index in [0.717, 1.165) is 5.56 Å². The number of anilines is 2. The number of carbonyl (C=O) groups excluding carboxylic acids is 2. The maximum absolute atomic E-state index is 12.9. The smallest absolute Gasteiger partial charge is 0.324 e. The number of aromatic nitrogens is 2. The first-order chi connectivity index (χ1) is 14.4. The molecule has 3 N–H and O–H groups in total. The molecule has 2 heterocycles. The molecule has 30 heavy (non-hydrogen) atoms. The van der Waals surface area contributed by atoms with Gasteiger partial charge in [-0.1, -0.05) is 54.1 Å². The number of aromatic amines is 1. The number of rotatable bonds is 4. The van der Waals surface area contributed by atoms with Crippen LogP contribution in [0.2, 0.25) is 5.02 Å². The number of hydrogen-bond donors (Lipinski definition) is 3. The van der Waals surface area contributed by atoms with Gasteiger partial charge in [-0.25, -0.2) is 4.79 Å². The van der Waals surface area contributed by atoms with Crippen LogP contribution < -0.4 is 21.9 Å². The molecule has 1 aliphatic heterocycles. The van der Waals surface area contributed by atoms with Crippen molar-refractivity contribution in [1.29, 1.82) is 0 Å². The van der Waals surface area contributed by atoms with Gasteiger partial charge in [0.1, 0.15) is 5.82 Å². The molecule has 9 heteroatoms. The van der Waals surface area contributed by atoms with Crippen molar-refractivity contribution in [2.45, 2.75) is 18.9 Å². The van der Waals surface area contributed by atoms with Gasteiger partial charge in [0.25, 0.3) is 5.56 Å². The Morgan fingerprint density at radius 1 is 1.07 bits per heavy atom. The fourth-order valence-corrected chi connectivity index (χ4v) is 3.62. The van der Waals surface area contributed by atoms with Gasteiger partial charge >= 0.3 is 5.69 Å². The molecule has 2 aromatic carbocycles. The Bertz CT molecular complexity index is 1250. The van der Waals surface area contributed by atoms with Crippen LogP contribution >= 0.6 is 11.6 Å². The number of para-hydroxylation sites is 1. The van der Waals surface area contributed by atoms with Gasteiger partial charge in [-0.05, 0) is 17.7 Å². The number of nitrogens with one attached hydrogen (secondary N) is 3. The van der Waals surface area contributed by atoms with Gasteiger partial charge in [-0.3, -0.25) is 23.9 Å². The van der Waals surface area contributed by atoms with E-state index < -0.39 is 29.0 Å². The van der Waals surface area contributed by atoms with Gasteiger partial charge in [0.2, 0.25) is 11.8 Å². The molecule has 0 radical (unpaired) electrons. The number of amides is 2. The van der Waals surface area contributed by atoms with Crippen molar-refractivity contribution in [2.24, 2.45) is 0 Å². The second-order valence-corrected chi connectivity index (χ2v) is 7.27. The lowest BCUT2D eigenvalue weighted by molar-refractivity contribution is -0.123. The third kappa shape index (κ3) is 3.77. The lowest BCUT2D eigenvalue weighted by atomic mass is 9.92. The summed E-state index contributed by atoms with van der Waals surface area (Å²) >= 11 is 6.10. The predicted molar refractivity (Wildman–Crippen MR) is 113 cm³/mol. The summed E-state index contributed by atoms with van der Waals surface area (Å²) in [5, 5.41) is 5.58. The van der Waals surface area contributed by atoms with Crippen molar-refractivity contribution in [3.05, 3.63) is 91.6 Å². The van der Waals surface area contributed by atoms with Crippen molar-refractivity contribution in [3.8, 4) is 0 Å². The largest absolute Gasteiger partial charge is 0.330 e. The maximum atomic E-state index is 12.9. The summed E-state index contributed by atoms with van der Waals surface area (Å²) in [6, 6.07) is 15.8. The van der Waals surface area contributed by atoms with E-state index in [2.05, 4.69) is 15.6 Å². The van der Waals surface area contributed by atoms with Crippen molar-refractivity contribution in [1.82, 2.24) is 9.55 Å². The number of carbonyl (C=O) groups is 2.